The van der Waals surface area contributed by atoms with Crippen molar-refractivity contribution in [2.24, 2.45) is 11.8 Å². The molecule has 0 unspecified atom stereocenters. The van der Waals surface area contributed by atoms with Crippen LogP contribution in [0.4, 0.5) is 0 Å². The predicted molar refractivity (Wildman–Crippen MR) is 81.1 cm³/mol. The van der Waals surface area contributed by atoms with E-state index in [2.05, 4.69) is 47.0 Å². The van der Waals surface area contributed by atoms with Crippen molar-refractivity contribution in [2.75, 3.05) is 0 Å². The van der Waals surface area contributed by atoms with Crippen LogP contribution >= 0.6 is 0 Å². The van der Waals surface area contributed by atoms with Gasteiger partial charge in [-0.25, -0.2) is 5.90 Å². The molecular formula is C17H18N2O. The van der Waals surface area contributed by atoms with Crippen LogP contribution in [-0.4, -0.2) is 4.57 Å². The lowest BCUT2D eigenvalue weighted by Gasteiger charge is -2.06. The maximum atomic E-state index is 5.19. The van der Waals surface area contributed by atoms with Crippen molar-refractivity contribution in [1.82, 2.24) is 4.57 Å². The molecule has 4 rings (SSSR count). The fourth-order valence-corrected chi connectivity index (χ4v) is 3.04. The van der Waals surface area contributed by atoms with Crippen molar-refractivity contribution in [3.05, 3.63) is 48.0 Å². The number of rotatable bonds is 4. The van der Waals surface area contributed by atoms with Crippen LogP contribution in [0.15, 0.2) is 42.5 Å². The number of hydrogen-bond acceptors (Lipinski definition) is 2. The minimum Gasteiger partial charge on any atom is -0.340 e. The van der Waals surface area contributed by atoms with E-state index in [1.165, 1.54) is 34.6 Å². The zero-order valence-corrected chi connectivity index (χ0v) is 11.4. The lowest BCUT2D eigenvalue weighted by molar-refractivity contribution is 0.124. The molecule has 3 aromatic rings. The monoisotopic (exact) mass is 266 g/mol. The van der Waals surface area contributed by atoms with E-state index in [0.717, 1.165) is 18.0 Å². The Kier molecular flexibility index (Phi) is 2.76. The van der Waals surface area contributed by atoms with Crippen LogP contribution in [0, 0.1) is 5.92 Å². The summed E-state index contributed by atoms with van der Waals surface area (Å²) in [4.78, 5) is 4.76. The number of hydrogen-bond donors (Lipinski definition) is 1. The molecule has 102 valence electrons. The first-order valence-corrected chi connectivity index (χ1v) is 7.18. The topological polar surface area (TPSA) is 40.2 Å². The van der Waals surface area contributed by atoms with E-state index in [1.54, 1.807) is 0 Å². The Morgan fingerprint density at radius 3 is 2.65 bits per heavy atom. The highest BCUT2D eigenvalue weighted by atomic mass is 16.6. The van der Waals surface area contributed by atoms with Gasteiger partial charge in [-0.15, -0.1) is 0 Å². The van der Waals surface area contributed by atoms with Gasteiger partial charge in [0.05, 0.1) is 6.61 Å². The molecule has 1 saturated carbocycles. The fraction of sp³-hybridized carbons (Fsp3) is 0.294. The third-order valence-electron chi connectivity index (χ3n) is 4.22. The van der Waals surface area contributed by atoms with Gasteiger partial charge in [0.1, 0.15) is 0 Å². The highest BCUT2D eigenvalue weighted by Crippen LogP contribution is 2.36. The molecule has 1 aromatic heterocycles. The number of nitrogens with two attached hydrogens (primary N) is 1. The Morgan fingerprint density at radius 2 is 1.85 bits per heavy atom. The second kappa shape index (κ2) is 4.62. The predicted octanol–water partition coefficient (Wildman–Crippen LogP) is 3.59. The summed E-state index contributed by atoms with van der Waals surface area (Å²) in [6.07, 6.45) is 2.74. The van der Waals surface area contributed by atoms with E-state index in [0.29, 0.717) is 6.61 Å². The van der Waals surface area contributed by atoms with E-state index in [9.17, 15) is 0 Å². The van der Waals surface area contributed by atoms with Crippen molar-refractivity contribution in [3.63, 3.8) is 0 Å². The van der Waals surface area contributed by atoms with Crippen molar-refractivity contribution in [1.29, 1.82) is 0 Å². The Balaban J connectivity index is 1.97. The number of para-hydroxylation sites is 1. The summed E-state index contributed by atoms with van der Waals surface area (Å²) in [5.74, 6) is 6.05. The van der Waals surface area contributed by atoms with Gasteiger partial charge in [-0.1, -0.05) is 24.3 Å². The molecule has 0 radical (unpaired) electrons. The molecule has 3 nitrogen and oxygen atoms in total. The van der Waals surface area contributed by atoms with Gasteiger partial charge in [0.15, 0.2) is 0 Å². The minimum atomic E-state index is 0.456. The van der Waals surface area contributed by atoms with Gasteiger partial charge in [-0.3, -0.25) is 4.84 Å². The molecule has 3 heteroatoms. The average Bonchev–Trinajstić information content (AvgIpc) is 3.24. The van der Waals surface area contributed by atoms with E-state index in [4.69, 9.17) is 10.7 Å². The summed E-state index contributed by atoms with van der Waals surface area (Å²) in [6, 6.07) is 15.2. The van der Waals surface area contributed by atoms with Crippen LogP contribution < -0.4 is 5.90 Å². The number of aromatic nitrogens is 1. The van der Waals surface area contributed by atoms with Crippen LogP contribution in [0.3, 0.4) is 0 Å². The van der Waals surface area contributed by atoms with Gasteiger partial charge < -0.3 is 4.57 Å². The van der Waals surface area contributed by atoms with Crippen LogP contribution in [0.5, 0.6) is 0 Å². The third kappa shape index (κ3) is 1.90. The molecule has 20 heavy (non-hydrogen) atoms. The molecule has 2 aromatic carbocycles. The van der Waals surface area contributed by atoms with Crippen LogP contribution in [-0.2, 0) is 18.0 Å². The molecule has 1 fully saturated rings. The first-order valence-electron chi connectivity index (χ1n) is 7.18. The Bertz CT molecular complexity index is 771. The van der Waals surface area contributed by atoms with Crippen molar-refractivity contribution >= 4 is 21.8 Å². The smallest absolute Gasteiger partial charge is 0.0930 e. The zero-order valence-electron chi connectivity index (χ0n) is 11.4. The molecular weight excluding hydrogens is 248 g/mol. The lowest BCUT2D eigenvalue weighted by atomic mass is 10.1. The van der Waals surface area contributed by atoms with Crippen molar-refractivity contribution in [3.8, 4) is 0 Å². The minimum absolute atomic E-state index is 0.456. The first kappa shape index (κ1) is 11.9. The number of benzene rings is 2. The molecule has 0 saturated heterocycles. The second-order valence-corrected chi connectivity index (χ2v) is 5.73. The molecule has 1 aliphatic carbocycles. The SMILES string of the molecule is NOCc1ccc2c(c1)c1ccccc1n2CC1CC1. The lowest BCUT2D eigenvalue weighted by Crippen LogP contribution is -2.00. The van der Waals surface area contributed by atoms with Gasteiger partial charge in [-0.05, 0) is 42.5 Å². The average molecular weight is 266 g/mol. The van der Waals surface area contributed by atoms with E-state index >= 15 is 0 Å². The van der Waals surface area contributed by atoms with Crippen LogP contribution in [0.25, 0.3) is 21.8 Å². The second-order valence-electron chi connectivity index (χ2n) is 5.73. The summed E-state index contributed by atoms with van der Waals surface area (Å²) in [5, 5.41) is 2.62. The van der Waals surface area contributed by atoms with E-state index in [-0.39, 0.29) is 0 Å². The molecule has 0 amide bonds. The largest absolute Gasteiger partial charge is 0.340 e. The first-order chi connectivity index (χ1) is 9.86. The Hall–Kier alpha value is -1.84. The molecule has 2 N–H and O–H groups in total. The van der Waals surface area contributed by atoms with Crippen LogP contribution in [0.1, 0.15) is 18.4 Å². The summed E-state index contributed by atoms with van der Waals surface area (Å²) in [5.41, 5.74) is 3.77. The maximum absolute atomic E-state index is 5.19. The summed E-state index contributed by atoms with van der Waals surface area (Å²) < 4.78 is 2.47. The van der Waals surface area contributed by atoms with Gasteiger partial charge >= 0.3 is 0 Å². The Labute approximate surface area is 117 Å². The van der Waals surface area contributed by atoms with Crippen molar-refractivity contribution in [2.45, 2.75) is 26.0 Å². The molecule has 0 atom stereocenters. The molecule has 0 spiro atoms. The van der Waals surface area contributed by atoms with Crippen molar-refractivity contribution < 1.29 is 4.84 Å². The highest BCUT2D eigenvalue weighted by Gasteiger charge is 2.23. The normalized spacial score (nSPS) is 15.2. The third-order valence-corrected chi connectivity index (χ3v) is 4.22. The van der Waals surface area contributed by atoms with Gasteiger partial charge in [-0.2, -0.15) is 0 Å². The zero-order chi connectivity index (χ0) is 13.5. The van der Waals surface area contributed by atoms with Gasteiger partial charge in [0.25, 0.3) is 0 Å². The van der Waals surface area contributed by atoms with Crippen LogP contribution in [0.2, 0.25) is 0 Å². The standard InChI is InChI=1S/C17H18N2O/c18-20-11-13-7-8-17-15(9-13)14-3-1-2-4-16(14)19(17)10-12-5-6-12/h1-4,7-9,12H,5-6,10-11,18H2. The molecule has 0 bridgehead atoms. The summed E-state index contributed by atoms with van der Waals surface area (Å²) in [6.45, 7) is 1.59. The van der Waals surface area contributed by atoms with Gasteiger partial charge in [0, 0.05) is 28.4 Å². The molecule has 1 aliphatic rings. The highest BCUT2D eigenvalue weighted by molar-refractivity contribution is 6.08. The quantitative estimate of drug-likeness (QED) is 0.733. The van der Waals surface area contributed by atoms with E-state index in [1.807, 2.05) is 0 Å². The molecule has 1 heterocycles. The number of fused-ring (bicyclic) bond motifs is 3. The maximum Gasteiger partial charge on any atom is 0.0930 e. The fourth-order valence-electron chi connectivity index (χ4n) is 3.04. The molecule has 0 aliphatic heterocycles. The number of nitrogens with zero attached hydrogens (tertiary/aromatic N) is 1. The van der Waals surface area contributed by atoms with Gasteiger partial charge in [0.2, 0.25) is 0 Å². The Morgan fingerprint density at radius 1 is 1.05 bits per heavy atom. The summed E-state index contributed by atoms with van der Waals surface area (Å²) >= 11 is 0. The summed E-state index contributed by atoms with van der Waals surface area (Å²) in [7, 11) is 0. The van der Waals surface area contributed by atoms with E-state index < -0.39 is 0 Å².